The number of rotatable bonds is 6. The number of H-pyrrole nitrogens is 1. The number of aliphatic hydroxyl groups excluding tert-OH is 1. The Morgan fingerprint density at radius 2 is 2.03 bits per heavy atom. The number of hydrogen-bond donors (Lipinski definition) is 3. The van der Waals surface area contributed by atoms with Crippen LogP contribution in [-0.2, 0) is 13.1 Å². The van der Waals surface area contributed by atoms with Gasteiger partial charge in [0.1, 0.15) is 0 Å². The summed E-state index contributed by atoms with van der Waals surface area (Å²) in [5, 5.41) is 14.2. The third kappa shape index (κ3) is 4.89. The van der Waals surface area contributed by atoms with Crippen molar-refractivity contribution in [1.82, 2.24) is 25.2 Å². The maximum absolute atomic E-state index is 9.57. The molecule has 1 aliphatic heterocycles. The molecule has 4 rings (SSSR count). The summed E-state index contributed by atoms with van der Waals surface area (Å²) in [6, 6.07) is 10.9. The fourth-order valence-corrected chi connectivity index (χ4v) is 4.16. The second-order valence-electron chi connectivity index (χ2n) is 9.47. The number of aromatic amines is 1. The van der Waals surface area contributed by atoms with Gasteiger partial charge in [0, 0.05) is 52.5 Å². The van der Waals surface area contributed by atoms with Gasteiger partial charge in [-0.1, -0.05) is 0 Å². The molecule has 3 N–H and O–H groups in total. The van der Waals surface area contributed by atoms with Crippen LogP contribution in [0.3, 0.4) is 0 Å². The first-order valence-electron chi connectivity index (χ1n) is 10.9. The maximum atomic E-state index is 9.57. The SMILES string of the molecule is Cc1cc(CNC(C)(C)C)nc(-c2ccc3[nH]c(CN4CCCC4CO)cc3c2)n1. The molecule has 3 aromatic rings. The van der Waals surface area contributed by atoms with Crippen molar-refractivity contribution in [3.05, 3.63) is 47.4 Å². The highest BCUT2D eigenvalue weighted by Gasteiger charge is 2.24. The van der Waals surface area contributed by atoms with Gasteiger partial charge in [-0.2, -0.15) is 0 Å². The third-order valence-corrected chi connectivity index (χ3v) is 5.73. The van der Waals surface area contributed by atoms with E-state index in [0.29, 0.717) is 0 Å². The van der Waals surface area contributed by atoms with E-state index < -0.39 is 0 Å². The van der Waals surface area contributed by atoms with E-state index in [9.17, 15) is 5.11 Å². The number of hydrogen-bond acceptors (Lipinski definition) is 5. The lowest BCUT2D eigenvalue weighted by Crippen LogP contribution is -2.35. The Bertz CT molecular complexity index is 1020. The lowest BCUT2D eigenvalue weighted by Gasteiger charge is -2.21. The Morgan fingerprint density at radius 1 is 1.20 bits per heavy atom. The standard InChI is InChI=1S/C24H33N5O/c1-16-10-19(13-25-24(2,3)4)28-23(26-16)17-7-8-22-18(11-17)12-20(27-22)14-29-9-5-6-21(29)15-30/h7-8,10-12,21,25,27,30H,5-6,9,13-15H2,1-4H3. The lowest BCUT2D eigenvalue weighted by atomic mass is 10.1. The van der Waals surface area contributed by atoms with Crippen LogP contribution < -0.4 is 5.32 Å². The van der Waals surface area contributed by atoms with Crippen LogP contribution in [0, 0.1) is 6.92 Å². The lowest BCUT2D eigenvalue weighted by molar-refractivity contribution is 0.152. The minimum absolute atomic E-state index is 0.0455. The van der Waals surface area contributed by atoms with Crippen LogP contribution in [0.25, 0.3) is 22.3 Å². The van der Waals surface area contributed by atoms with Crippen molar-refractivity contribution in [2.45, 2.75) is 65.2 Å². The summed E-state index contributed by atoms with van der Waals surface area (Å²) in [5.41, 5.74) is 5.36. The third-order valence-electron chi connectivity index (χ3n) is 5.73. The van der Waals surface area contributed by atoms with Crippen LogP contribution in [0.5, 0.6) is 0 Å². The van der Waals surface area contributed by atoms with Gasteiger partial charge in [-0.3, -0.25) is 4.90 Å². The Labute approximate surface area is 178 Å². The molecule has 2 aromatic heterocycles. The largest absolute Gasteiger partial charge is 0.395 e. The Hall–Kier alpha value is -2.28. The summed E-state index contributed by atoms with van der Waals surface area (Å²) in [6.07, 6.45) is 2.24. The molecule has 6 nitrogen and oxygen atoms in total. The van der Waals surface area contributed by atoms with Gasteiger partial charge in [-0.05, 0) is 77.4 Å². The van der Waals surface area contributed by atoms with Crippen molar-refractivity contribution in [2.24, 2.45) is 0 Å². The molecule has 1 aromatic carbocycles. The predicted octanol–water partition coefficient (Wildman–Crippen LogP) is 3.78. The first kappa shape index (κ1) is 21.0. The number of benzene rings is 1. The van der Waals surface area contributed by atoms with Crippen LogP contribution >= 0.6 is 0 Å². The number of aromatic nitrogens is 3. The van der Waals surface area contributed by atoms with Gasteiger partial charge in [0.05, 0.1) is 12.3 Å². The van der Waals surface area contributed by atoms with Crippen LogP contribution in [0.1, 0.15) is 50.7 Å². The van der Waals surface area contributed by atoms with Gasteiger partial charge in [-0.25, -0.2) is 9.97 Å². The molecular weight excluding hydrogens is 374 g/mol. The first-order chi connectivity index (χ1) is 14.3. The molecule has 0 bridgehead atoms. The number of nitrogens with one attached hydrogen (secondary N) is 2. The molecule has 3 heterocycles. The van der Waals surface area contributed by atoms with E-state index in [1.165, 1.54) is 11.1 Å². The first-order valence-corrected chi connectivity index (χ1v) is 10.9. The molecule has 0 spiro atoms. The van der Waals surface area contributed by atoms with Crippen LogP contribution in [-0.4, -0.2) is 49.7 Å². The highest BCUT2D eigenvalue weighted by molar-refractivity contribution is 5.84. The zero-order chi connectivity index (χ0) is 21.3. The average molecular weight is 408 g/mol. The molecular formula is C24H33N5O. The van der Waals surface area contributed by atoms with E-state index in [0.717, 1.165) is 60.8 Å². The van der Waals surface area contributed by atoms with Gasteiger partial charge < -0.3 is 15.4 Å². The second kappa shape index (κ2) is 8.46. The minimum Gasteiger partial charge on any atom is -0.395 e. The summed E-state index contributed by atoms with van der Waals surface area (Å²) in [5.74, 6) is 0.769. The second-order valence-corrected chi connectivity index (χ2v) is 9.47. The molecule has 1 fully saturated rings. The molecule has 160 valence electrons. The summed E-state index contributed by atoms with van der Waals surface area (Å²) in [6.45, 7) is 11.3. The van der Waals surface area contributed by atoms with Gasteiger partial charge in [0.2, 0.25) is 0 Å². The van der Waals surface area contributed by atoms with Crippen molar-refractivity contribution in [1.29, 1.82) is 0 Å². The molecule has 1 atom stereocenters. The fourth-order valence-electron chi connectivity index (χ4n) is 4.16. The molecule has 1 saturated heterocycles. The monoisotopic (exact) mass is 407 g/mol. The van der Waals surface area contributed by atoms with Gasteiger partial charge in [0.25, 0.3) is 0 Å². The molecule has 0 saturated carbocycles. The quantitative estimate of drug-likeness (QED) is 0.580. The fraction of sp³-hybridized carbons (Fsp3) is 0.500. The van der Waals surface area contributed by atoms with Crippen LogP contribution in [0.2, 0.25) is 0 Å². The van der Waals surface area contributed by atoms with Gasteiger partial charge in [0.15, 0.2) is 5.82 Å². The highest BCUT2D eigenvalue weighted by atomic mass is 16.3. The number of aliphatic hydroxyl groups is 1. The summed E-state index contributed by atoms with van der Waals surface area (Å²) < 4.78 is 0. The maximum Gasteiger partial charge on any atom is 0.159 e. The molecule has 0 aliphatic carbocycles. The number of nitrogens with zero attached hydrogens (tertiary/aromatic N) is 3. The molecule has 30 heavy (non-hydrogen) atoms. The zero-order valence-corrected chi connectivity index (χ0v) is 18.5. The Kier molecular flexibility index (Phi) is 5.91. The predicted molar refractivity (Wildman–Crippen MR) is 121 cm³/mol. The topological polar surface area (TPSA) is 77.1 Å². The summed E-state index contributed by atoms with van der Waals surface area (Å²) >= 11 is 0. The van der Waals surface area contributed by atoms with Crippen molar-refractivity contribution >= 4 is 10.9 Å². The minimum atomic E-state index is 0.0455. The molecule has 0 radical (unpaired) electrons. The Morgan fingerprint density at radius 3 is 2.80 bits per heavy atom. The number of likely N-dealkylation sites (tertiary alicyclic amines) is 1. The molecule has 0 amide bonds. The average Bonchev–Trinajstić information content (AvgIpc) is 3.30. The van der Waals surface area contributed by atoms with E-state index in [4.69, 9.17) is 4.98 Å². The smallest absolute Gasteiger partial charge is 0.159 e. The molecule has 6 heteroatoms. The van der Waals surface area contributed by atoms with E-state index in [1.54, 1.807) is 0 Å². The summed E-state index contributed by atoms with van der Waals surface area (Å²) in [7, 11) is 0. The summed E-state index contributed by atoms with van der Waals surface area (Å²) in [4.78, 5) is 15.4. The number of aryl methyl sites for hydroxylation is 1. The van der Waals surface area contributed by atoms with Crippen LogP contribution in [0.15, 0.2) is 30.3 Å². The van der Waals surface area contributed by atoms with Crippen molar-refractivity contribution < 1.29 is 5.11 Å². The van der Waals surface area contributed by atoms with Crippen molar-refractivity contribution in [3.8, 4) is 11.4 Å². The van der Waals surface area contributed by atoms with Gasteiger partial charge in [-0.15, -0.1) is 0 Å². The van der Waals surface area contributed by atoms with E-state index >= 15 is 0 Å². The van der Waals surface area contributed by atoms with E-state index in [1.807, 2.05) is 13.0 Å². The van der Waals surface area contributed by atoms with E-state index in [-0.39, 0.29) is 18.2 Å². The van der Waals surface area contributed by atoms with Crippen molar-refractivity contribution in [3.63, 3.8) is 0 Å². The van der Waals surface area contributed by atoms with E-state index in [2.05, 4.69) is 65.2 Å². The highest BCUT2D eigenvalue weighted by Crippen LogP contribution is 2.25. The molecule has 1 aliphatic rings. The zero-order valence-electron chi connectivity index (χ0n) is 18.5. The normalized spacial score (nSPS) is 17.8. The molecule has 1 unspecified atom stereocenters. The van der Waals surface area contributed by atoms with Crippen LogP contribution in [0.4, 0.5) is 0 Å². The number of fused-ring (bicyclic) bond motifs is 1. The van der Waals surface area contributed by atoms with Gasteiger partial charge >= 0.3 is 0 Å². The van der Waals surface area contributed by atoms with Crippen molar-refractivity contribution in [2.75, 3.05) is 13.2 Å². The Balaban J connectivity index is 1.57.